The maximum Gasteiger partial charge on any atom is 0.409 e. The zero-order valence-corrected chi connectivity index (χ0v) is 26.0. The van der Waals surface area contributed by atoms with Crippen LogP contribution in [0.2, 0.25) is 10.0 Å². The third kappa shape index (κ3) is 5.19. The molecule has 4 amide bonds. The summed E-state index contributed by atoms with van der Waals surface area (Å²) in [4.78, 5) is 58.3. The van der Waals surface area contributed by atoms with Crippen LogP contribution in [0.5, 0.6) is 0 Å². The molecule has 1 saturated carbocycles. The van der Waals surface area contributed by atoms with E-state index in [-0.39, 0.29) is 36.6 Å². The van der Waals surface area contributed by atoms with Gasteiger partial charge in [0.25, 0.3) is 0 Å². The van der Waals surface area contributed by atoms with E-state index in [0.717, 1.165) is 32.1 Å². The van der Waals surface area contributed by atoms with Gasteiger partial charge in [0, 0.05) is 30.9 Å². The van der Waals surface area contributed by atoms with Crippen LogP contribution in [0, 0.1) is 11.8 Å². The molecule has 1 aliphatic carbocycles. The number of ether oxygens (including phenoxy) is 2. The molecule has 5 atom stereocenters. The van der Waals surface area contributed by atoms with Crippen molar-refractivity contribution < 1.29 is 28.7 Å². The Morgan fingerprint density at radius 2 is 1.74 bits per heavy atom. The second-order valence-corrected chi connectivity index (χ2v) is 13.3. The molecule has 3 saturated heterocycles. The van der Waals surface area contributed by atoms with Crippen LogP contribution < -0.4 is 10.6 Å². The minimum absolute atomic E-state index is 0.0335. The van der Waals surface area contributed by atoms with Crippen LogP contribution in [-0.2, 0) is 23.9 Å². The number of amides is 4. The molecule has 6 rings (SSSR count). The Morgan fingerprint density at radius 1 is 1.02 bits per heavy atom. The molecule has 12 heteroatoms. The van der Waals surface area contributed by atoms with Crippen molar-refractivity contribution in [2.45, 2.75) is 88.1 Å². The first-order chi connectivity index (χ1) is 20.6. The Labute approximate surface area is 261 Å². The van der Waals surface area contributed by atoms with E-state index in [1.54, 1.807) is 41.8 Å². The number of halogens is 2. The molecule has 4 aliphatic heterocycles. The summed E-state index contributed by atoms with van der Waals surface area (Å²) < 4.78 is 11.8. The number of benzene rings is 1. The predicted molar refractivity (Wildman–Crippen MR) is 161 cm³/mol. The first kappa shape index (κ1) is 30.2. The smallest absolute Gasteiger partial charge is 0.409 e. The lowest BCUT2D eigenvalue weighted by Crippen LogP contribution is -2.60. The molecule has 43 heavy (non-hydrogen) atoms. The van der Waals surface area contributed by atoms with E-state index in [9.17, 15) is 19.2 Å². The fourth-order valence-electron chi connectivity index (χ4n) is 7.82. The largest absolute Gasteiger partial charge is 0.450 e. The Hall–Kier alpha value is -2.82. The van der Waals surface area contributed by atoms with Gasteiger partial charge in [-0.2, -0.15) is 0 Å². The van der Waals surface area contributed by atoms with Crippen LogP contribution in [0.25, 0.3) is 0 Å². The summed E-state index contributed by atoms with van der Waals surface area (Å²) in [6.45, 7) is 4.64. The molecule has 232 valence electrons. The molecule has 2 N–H and O–H groups in total. The molecule has 1 aromatic rings. The molecule has 10 nitrogen and oxygen atoms in total. The van der Waals surface area contributed by atoms with Crippen molar-refractivity contribution in [3.63, 3.8) is 0 Å². The number of nitrogens with zero attached hydrogens (tertiary/aromatic N) is 2. The maximum absolute atomic E-state index is 14.5. The molecule has 1 spiro atoms. The monoisotopic (exact) mass is 632 g/mol. The van der Waals surface area contributed by atoms with Gasteiger partial charge >= 0.3 is 6.09 Å². The zero-order valence-electron chi connectivity index (χ0n) is 24.4. The first-order valence-electron chi connectivity index (χ1n) is 15.3. The number of hydrogen-bond donors (Lipinski definition) is 2. The third-order valence-electron chi connectivity index (χ3n) is 9.79. The van der Waals surface area contributed by atoms with Gasteiger partial charge in [0.05, 0.1) is 34.1 Å². The van der Waals surface area contributed by atoms with Crippen molar-refractivity contribution >= 4 is 52.7 Å². The minimum Gasteiger partial charge on any atom is -0.450 e. The number of hydrogen-bond acceptors (Lipinski definition) is 6. The fraction of sp³-hybridized carbons (Fsp3) is 0.613. The van der Waals surface area contributed by atoms with Gasteiger partial charge in [0.1, 0.15) is 11.6 Å². The van der Waals surface area contributed by atoms with Crippen LogP contribution in [0.3, 0.4) is 0 Å². The van der Waals surface area contributed by atoms with E-state index in [1.165, 1.54) is 0 Å². The van der Waals surface area contributed by atoms with E-state index in [4.69, 9.17) is 32.7 Å². The molecule has 1 aromatic carbocycles. The van der Waals surface area contributed by atoms with Crippen LogP contribution in [0.4, 0.5) is 10.5 Å². The van der Waals surface area contributed by atoms with Gasteiger partial charge in [0.2, 0.25) is 17.7 Å². The van der Waals surface area contributed by atoms with Gasteiger partial charge in [-0.05, 0) is 57.7 Å². The van der Waals surface area contributed by atoms with Crippen molar-refractivity contribution in [3.8, 4) is 0 Å². The lowest BCUT2D eigenvalue weighted by Gasteiger charge is -2.41. The quantitative estimate of drug-likeness (QED) is 0.445. The van der Waals surface area contributed by atoms with Gasteiger partial charge in [-0.15, -0.1) is 0 Å². The van der Waals surface area contributed by atoms with Crippen molar-refractivity contribution in [1.29, 1.82) is 0 Å². The van der Waals surface area contributed by atoms with Crippen LogP contribution in [-0.4, -0.2) is 82.6 Å². The molecule has 4 heterocycles. The van der Waals surface area contributed by atoms with Gasteiger partial charge in [0.15, 0.2) is 0 Å². The van der Waals surface area contributed by atoms with E-state index in [2.05, 4.69) is 10.6 Å². The zero-order chi connectivity index (χ0) is 30.5. The highest BCUT2D eigenvalue weighted by Gasteiger charge is 2.76. The van der Waals surface area contributed by atoms with Crippen molar-refractivity contribution in [1.82, 2.24) is 15.1 Å². The highest BCUT2D eigenvalue weighted by Crippen LogP contribution is 2.60. The minimum atomic E-state index is -1.29. The number of rotatable bonds is 6. The van der Waals surface area contributed by atoms with E-state index < -0.39 is 35.0 Å². The second kappa shape index (κ2) is 11.6. The molecular weight excluding hydrogens is 595 g/mol. The standard InChI is InChI=1S/C31H38Cl2N4O6/c1-3-42-29(41)36-15-11-20(12-16-36)37-25(27(39)34-18-7-5-4-6-8-18)31-14-13-30(2,43-31)23(24(31)28(37)40)26(38)35-19-9-10-21(32)22(33)17-19/h9-10,13-14,17-18,20,23-25H,3-8,11-12,15-16H2,1-2H3,(H,34,39)(H,35,38). The average molecular weight is 634 g/mol. The van der Waals surface area contributed by atoms with E-state index in [1.807, 2.05) is 12.2 Å². The van der Waals surface area contributed by atoms with Gasteiger partial charge < -0.3 is 29.9 Å². The topological polar surface area (TPSA) is 117 Å². The van der Waals surface area contributed by atoms with Crippen molar-refractivity contribution in [2.24, 2.45) is 11.8 Å². The predicted octanol–water partition coefficient (Wildman–Crippen LogP) is 4.54. The lowest BCUT2D eigenvalue weighted by atomic mass is 9.70. The normalized spacial score (nSPS) is 32.2. The Balaban J connectivity index is 1.31. The number of carbonyl (C=O) groups is 4. The summed E-state index contributed by atoms with van der Waals surface area (Å²) in [5.41, 5.74) is -1.92. The first-order valence-corrected chi connectivity index (χ1v) is 16.0. The average Bonchev–Trinajstić information content (AvgIpc) is 3.56. The summed E-state index contributed by atoms with van der Waals surface area (Å²) in [6.07, 6.45) is 9.27. The van der Waals surface area contributed by atoms with E-state index in [0.29, 0.717) is 41.7 Å². The molecule has 2 bridgehead atoms. The van der Waals surface area contributed by atoms with Gasteiger partial charge in [-0.1, -0.05) is 54.6 Å². The molecular formula is C31H38Cl2N4O6. The summed E-state index contributed by atoms with van der Waals surface area (Å²) in [5.74, 6) is -2.70. The molecule has 0 radical (unpaired) electrons. The highest BCUT2D eigenvalue weighted by atomic mass is 35.5. The summed E-state index contributed by atoms with van der Waals surface area (Å²) in [7, 11) is 0. The second-order valence-electron chi connectivity index (χ2n) is 12.5. The van der Waals surface area contributed by atoms with Gasteiger partial charge in [-0.25, -0.2) is 4.79 Å². The summed E-state index contributed by atoms with van der Waals surface area (Å²) in [5, 5.41) is 6.79. The number of piperidine rings is 1. The molecule has 5 aliphatic rings. The maximum atomic E-state index is 14.5. The molecule has 5 unspecified atom stereocenters. The highest BCUT2D eigenvalue weighted by molar-refractivity contribution is 6.42. The Bertz CT molecular complexity index is 1340. The van der Waals surface area contributed by atoms with Crippen molar-refractivity contribution in [3.05, 3.63) is 40.4 Å². The van der Waals surface area contributed by atoms with Crippen LogP contribution in [0.1, 0.15) is 58.8 Å². The summed E-state index contributed by atoms with van der Waals surface area (Å²) >= 11 is 12.3. The van der Waals surface area contributed by atoms with E-state index >= 15 is 0 Å². The number of nitrogens with one attached hydrogen (secondary N) is 2. The number of likely N-dealkylation sites (tertiary alicyclic amines) is 2. The lowest BCUT2D eigenvalue weighted by molar-refractivity contribution is -0.148. The fourth-order valence-corrected chi connectivity index (χ4v) is 8.12. The Kier molecular flexibility index (Phi) is 8.15. The molecule has 0 aromatic heterocycles. The summed E-state index contributed by atoms with van der Waals surface area (Å²) in [6, 6.07) is 3.59. The molecule has 4 fully saturated rings. The number of fused-ring (bicyclic) bond motifs is 1. The van der Waals surface area contributed by atoms with Crippen LogP contribution in [0.15, 0.2) is 30.4 Å². The number of anilines is 1. The third-order valence-corrected chi connectivity index (χ3v) is 10.5. The SMILES string of the molecule is CCOC(=O)N1CCC(N2C(=O)C3C(C(=O)Nc4ccc(Cl)c(Cl)c4)C4(C)C=CC3(O4)C2C(=O)NC2CCCCC2)CC1. The Morgan fingerprint density at radius 3 is 2.42 bits per heavy atom. The number of carbonyl (C=O) groups excluding carboxylic acids is 4. The van der Waals surface area contributed by atoms with Crippen molar-refractivity contribution in [2.75, 3.05) is 25.0 Å². The van der Waals surface area contributed by atoms with Crippen LogP contribution >= 0.6 is 23.2 Å². The van der Waals surface area contributed by atoms with Gasteiger partial charge in [-0.3, -0.25) is 14.4 Å².